The van der Waals surface area contributed by atoms with Gasteiger partial charge < -0.3 is 9.47 Å². The zero-order valence-electron chi connectivity index (χ0n) is 27.3. The summed E-state index contributed by atoms with van der Waals surface area (Å²) in [5.74, 6) is -2.09. The molecule has 1 aliphatic heterocycles. The summed E-state index contributed by atoms with van der Waals surface area (Å²) in [6, 6.07) is 28.4. The van der Waals surface area contributed by atoms with E-state index in [1.807, 2.05) is 42.2 Å². The summed E-state index contributed by atoms with van der Waals surface area (Å²) in [5, 5.41) is 0.431. The molecule has 2 atom stereocenters. The van der Waals surface area contributed by atoms with Gasteiger partial charge >= 0.3 is 11.9 Å². The Bertz CT molecular complexity index is 1830. The van der Waals surface area contributed by atoms with Crippen molar-refractivity contribution in [2.24, 2.45) is 0 Å². The van der Waals surface area contributed by atoms with Crippen molar-refractivity contribution in [1.29, 1.82) is 0 Å². The summed E-state index contributed by atoms with van der Waals surface area (Å²) in [5.41, 5.74) is 0.130. The van der Waals surface area contributed by atoms with Gasteiger partial charge in [-0.15, -0.1) is 4.31 Å². The lowest BCUT2D eigenvalue weighted by molar-refractivity contribution is -0.176. The van der Waals surface area contributed by atoms with E-state index < -0.39 is 51.9 Å². The van der Waals surface area contributed by atoms with Crippen molar-refractivity contribution in [3.05, 3.63) is 135 Å². The van der Waals surface area contributed by atoms with E-state index >= 15 is 8.42 Å². The molecule has 1 fully saturated rings. The van der Waals surface area contributed by atoms with Crippen LogP contribution in [0.25, 0.3) is 0 Å². The van der Waals surface area contributed by atoms with Gasteiger partial charge in [0.1, 0.15) is 6.17 Å². The number of carbonyl (C=O) groups is 2. The summed E-state index contributed by atoms with van der Waals surface area (Å²) in [6.45, 7) is 8.60. The smallest absolute Gasteiger partial charge is 0.341 e. The van der Waals surface area contributed by atoms with Crippen LogP contribution in [0.15, 0.2) is 112 Å². The average molecular weight is 754 g/mol. The number of aryl methyl sites for hydroxylation is 1. The normalized spacial score (nSPS) is 18.3. The summed E-state index contributed by atoms with van der Waals surface area (Å²) in [6.07, 6.45) is -2.56. The van der Waals surface area contributed by atoms with Crippen LogP contribution < -0.4 is 0 Å². The molecule has 8 nitrogen and oxygen atoms in total. The molecule has 0 saturated carbocycles. The maximum atomic E-state index is 15.3. The molecule has 0 bridgehead atoms. The van der Waals surface area contributed by atoms with E-state index in [-0.39, 0.29) is 11.4 Å². The van der Waals surface area contributed by atoms with Crippen molar-refractivity contribution >= 4 is 49.5 Å². The molecule has 1 aliphatic rings. The lowest BCUT2D eigenvalue weighted by Crippen LogP contribution is -2.63. The second-order valence-corrected chi connectivity index (χ2v) is 15.5. The Morgan fingerprint density at radius 1 is 0.792 bits per heavy atom. The predicted octanol–water partition coefficient (Wildman–Crippen LogP) is 8.00. The van der Waals surface area contributed by atoms with Gasteiger partial charge in [-0.2, -0.15) is 0 Å². The third-order valence-electron chi connectivity index (χ3n) is 8.06. The topological polar surface area (TPSA) is 93.2 Å². The quantitative estimate of drug-likeness (QED) is 0.120. The largest absolute Gasteiger partial charge is 0.461 e. The second kappa shape index (κ2) is 14.5. The Balaban J connectivity index is 1.96. The molecule has 0 unspecified atom stereocenters. The highest BCUT2D eigenvalue weighted by atomic mass is 79.9. The Morgan fingerprint density at radius 2 is 1.31 bits per heavy atom. The molecule has 1 heterocycles. The molecule has 4 aromatic carbocycles. The first-order valence-electron chi connectivity index (χ1n) is 15.6. The molecule has 0 spiro atoms. The SMILES string of the molecule is Cc1ccc(S(=O)(=O)N2[C@H](c3ccc(Br)cc3)N(Cc3ccccc3)[C@@H](c3ccc(Cl)cc3)C2(C(=O)OC(C)C)C(=O)OC(C)C)cc1. The number of nitrogens with zero attached hydrogens (tertiary/aromatic N) is 2. The number of rotatable bonds is 10. The van der Waals surface area contributed by atoms with Gasteiger partial charge in [-0.05, 0) is 87.7 Å². The summed E-state index contributed by atoms with van der Waals surface area (Å²) in [7, 11) is -4.65. The van der Waals surface area contributed by atoms with Crippen molar-refractivity contribution in [2.45, 2.75) is 76.0 Å². The first-order valence-corrected chi connectivity index (χ1v) is 18.2. The zero-order valence-corrected chi connectivity index (χ0v) is 30.5. The predicted molar refractivity (Wildman–Crippen MR) is 188 cm³/mol. The van der Waals surface area contributed by atoms with E-state index in [0.717, 1.165) is 19.9 Å². The van der Waals surface area contributed by atoms with E-state index in [1.54, 1.807) is 88.4 Å². The third kappa shape index (κ3) is 6.95. The van der Waals surface area contributed by atoms with E-state index in [1.165, 1.54) is 12.1 Å². The molecule has 1 saturated heterocycles. The Hall–Kier alpha value is -3.54. The lowest BCUT2D eigenvalue weighted by Gasteiger charge is -2.38. The molecule has 0 aromatic heterocycles. The van der Waals surface area contributed by atoms with Crippen LogP contribution >= 0.6 is 27.5 Å². The molecule has 252 valence electrons. The number of ether oxygens (including phenoxy) is 2. The highest BCUT2D eigenvalue weighted by molar-refractivity contribution is 9.10. The minimum Gasteiger partial charge on any atom is -0.461 e. The molecule has 0 radical (unpaired) electrons. The average Bonchev–Trinajstić information content (AvgIpc) is 3.34. The molecule has 48 heavy (non-hydrogen) atoms. The van der Waals surface area contributed by atoms with Gasteiger partial charge in [-0.25, -0.2) is 18.0 Å². The molecular formula is C37H38BrClN2O6S. The highest BCUT2D eigenvalue weighted by Crippen LogP contribution is 2.56. The first-order chi connectivity index (χ1) is 22.8. The van der Waals surface area contributed by atoms with Gasteiger partial charge in [0.25, 0.3) is 5.54 Å². The summed E-state index contributed by atoms with van der Waals surface area (Å²) < 4.78 is 44.1. The molecule has 4 aromatic rings. The van der Waals surface area contributed by atoms with Gasteiger partial charge in [0.2, 0.25) is 10.0 Å². The number of esters is 2. The van der Waals surface area contributed by atoms with Crippen molar-refractivity contribution in [3.8, 4) is 0 Å². The van der Waals surface area contributed by atoms with E-state index in [2.05, 4.69) is 15.9 Å². The fourth-order valence-electron chi connectivity index (χ4n) is 6.08. The summed E-state index contributed by atoms with van der Waals surface area (Å²) >= 11 is 9.84. The minimum absolute atomic E-state index is 0.0919. The van der Waals surface area contributed by atoms with Crippen LogP contribution in [0.1, 0.15) is 62.2 Å². The zero-order chi connectivity index (χ0) is 34.8. The van der Waals surface area contributed by atoms with Crippen LogP contribution in [-0.4, -0.2) is 47.3 Å². The van der Waals surface area contributed by atoms with Gasteiger partial charge in [0, 0.05) is 16.0 Å². The molecular weight excluding hydrogens is 716 g/mol. The molecule has 11 heteroatoms. The van der Waals surface area contributed by atoms with Crippen molar-refractivity contribution in [3.63, 3.8) is 0 Å². The first kappa shape index (κ1) is 35.8. The molecule has 0 amide bonds. The van der Waals surface area contributed by atoms with Crippen LogP contribution in [-0.2, 0) is 35.6 Å². The number of carbonyl (C=O) groups excluding carboxylic acids is 2. The molecule has 0 aliphatic carbocycles. The van der Waals surface area contributed by atoms with Crippen molar-refractivity contribution in [2.75, 3.05) is 0 Å². The molecule has 0 N–H and O–H groups in total. The second-order valence-electron chi connectivity index (χ2n) is 12.3. The van der Waals surface area contributed by atoms with Gasteiger partial charge in [-0.1, -0.05) is 99.8 Å². The fraction of sp³-hybridized carbons (Fsp3) is 0.297. The summed E-state index contributed by atoms with van der Waals surface area (Å²) in [4.78, 5) is 31.6. The maximum absolute atomic E-state index is 15.3. The van der Waals surface area contributed by atoms with Crippen LogP contribution in [0.4, 0.5) is 0 Å². The number of sulfonamides is 1. The maximum Gasteiger partial charge on any atom is 0.341 e. The minimum atomic E-state index is -4.65. The van der Waals surface area contributed by atoms with Crippen LogP contribution in [0, 0.1) is 6.92 Å². The fourth-order valence-corrected chi connectivity index (χ4v) is 8.31. The monoisotopic (exact) mass is 752 g/mol. The number of hydrogen-bond donors (Lipinski definition) is 0. The van der Waals surface area contributed by atoms with Crippen molar-refractivity contribution < 1.29 is 27.5 Å². The van der Waals surface area contributed by atoms with E-state index in [0.29, 0.717) is 16.1 Å². The van der Waals surface area contributed by atoms with E-state index in [4.69, 9.17) is 21.1 Å². The highest BCUT2D eigenvalue weighted by Gasteiger charge is 2.73. The Kier molecular flexibility index (Phi) is 10.8. The number of halogens is 2. The van der Waals surface area contributed by atoms with Crippen LogP contribution in [0.5, 0.6) is 0 Å². The van der Waals surface area contributed by atoms with Gasteiger partial charge in [0.15, 0.2) is 0 Å². The Morgan fingerprint density at radius 3 is 1.83 bits per heavy atom. The number of benzene rings is 4. The standard InChI is InChI=1S/C37H38BrClN2O6S/c1-24(2)46-35(42)37(36(43)47-25(3)4)33(28-15-19-31(39)20-16-28)40(23-27-9-7-6-8-10-27)34(29-13-17-30(38)18-14-29)41(37)48(44,45)32-21-11-26(5)12-22-32/h6-22,24-25,33-34H,23H2,1-5H3/t33-,34+/m0/s1. The van der Waals surface area contributed by atoms with Gasteiger partial charge in [0.05, 0.1) is 23.1 Å². The van der Waals surface area contributed by atoms with E-state index in [9.17, 15) is 9.59 Å². The van der Waals surface area contributed by atoms with Crippen molar-refractivity contribution in [1.82, 2.24) is 9.21 Å². The van der Waals surface area contributed by atoms with Gasteiger partial charge in [-0.3, -0.25) is 4.90 Å². The number of hydrogen-bond acceptors (Lipinski definition) is 7. The Labute approximate surface area is 295 Å². The van der Waals surface area contributed by atoms with Crippen LogP contribution in [0.3, 0.4) is 0 Å². The third-order valence-corrected chi connectivity index (χ3v) is 10.7. The van der Waals surface area contributed by atoms with Crippen LogP contribution in [0.2, 0.25) is 5.02 Å². The lowest BCUT2D eigenvalue weighted by atomic mass is 9.85. The molecule has 5 rings (SSSR count).